The standard InChI is InChI=1S/C12H10FN3O3S/c13-8-3-1-7(2-4-8)11(19)14-12-16-15-9(20-12)5-6-10(17)18/h1-4H,5-6H2,(H,17,18)(H,14,16,19). The third-order valence-electron chi connectivity index (χ3n) is 2.35. The quantitative estimate of drug-likeness (QED) is 0.879. The molecule has 0 atom stereocenters. The Kier molecular flexibility index (Phi) is 4.36. The summed E-state index contributed by atoms with van der Waals surface area (Å²) < 4.78 is 12.7. The highest BCUT2D eigenvalue weighted by atomic mass is 32.1. The van der Waals surface area contributed by atoms with Crippen LogP contribution in [0.15, 0.2) is 24.3 Å². The first kappa shape index (κ1) is 14.1. The van der Waals surface area contributed by atoms with Crippen LogP contribution < -0.4 is 5.32 Å². The van der Waals surface area contributed by atoms with Crippen LogP contribution in [-0.4, -0.2) is 27.2 Å². The molecule has 104 valence electrons. The van der Waals surface area contributed by atoms with Gasteiger partial charge in [0, 0.05) is 12.0 Å². The zero-order chi connectivity index (χ0) is 14.5. The van der Waals surface area contributed by atoms with E-state index in [-0.39, 0.29) is 18.0 Å². The van der Waals surface area contributed by atoms with E-state index in [2.05, 4.69) is 15.5 Å². The van der Waals surface area contributed by atoms with Crippen molar-refractivity contribution >= 4 is 28.3 Å². The molecule has 0 bridgehead atoms. The van der Waals surface area contributed by atoms with Gasteiger partial charge < -0.3 is 5.11 Å². The summed E-state index contributed by atoms with van der Waals surface area (Å²) in [5, 5.41) is 19.4. The first-order valence-corrected chi connectivity index (χ1v) is 6.47. The summed E-state index contributed by atoms with van der Waals surface area (Å²) in [6.07, 6.45) is 0.222. The van der Waals surface area contributed by atoms with Crippen molar-refractivity contribution in [2.75, 3.05) is 5.32 Å². The lowest BCUT2D eigenvalue weighted by Gasteiger charge is -2.00. The molecule has 0 aliphatic heterocycles. The molecule has 0 aliphatic carbocycles. The minimum atomic E-state index is -0.919. The number of aryl methyl sites for hydroxylation is 1. The Morgan fingerprint density at radius 2 is 1.95 bits per heavy atom. The number of amides is 1. The molecule has 2 aromatic rings. The second kappa shape index (κ2) is 6.20. The average Bonchev–Trinajstić information content (AvgIpc) is 2.84. The molecule has 1 aromatic heterocycles. The number of carboxylic acids is 1. The Morgan fingerprint density at radius 3 is 2.60 bits per heavy atom. The van der Waals surface area contributed by atoms with Gasteiger partial charge in [-0.25, -0.2) is 4.39 Å². The maximum absolute atomic E-state index is 12.7. The van der Waals surface area contributed by atoms with Gasteiger partial charge in [0.1, 0.15) is 10.8 Å². The number of carbonyl (C=O) groups excluding carboxylic acids is 1. The molecule has 1 amide bonds. The molecule has 1 heterocycles. The summed E-state index contributed by atoms with van der Waals surface area (Å²) in [5.74, 6) is -1.77. The molecule has 0 saturated carbocycles. The fourth-order valence-corrected chi connectivity index (χ4v) is 2.12. The molecule has 20 heavy (non-hydrogen) atoms. The Balaban J connectivity index is 1.97. The smallest absolute Gasteiger partial charge is 0.303 e. The van der Waals surface area contributed by atoms with Crippen LogP contribution in [0.5, 0.6) is 0 Å². The lowest BCUT2D eigenvalue weighted by molar-refractivity contribution is -0.136. The topological polar surface area (TPSA) is 92.2 Å². The predicted molar refractivity (Wildman–Crippen MR) is 70.2 cm³/mol. The van der Waals surface area contributed by atoms with Gasteiger partial charge >= 0.3 is 5.97 Å². The van der Waals surface area contributed by atoms with Crippen LogP contribution in [0.2, 0.25) is 0 Å². The molecular weight excluding hydrogens is 285 g/mol. The van der Waals surface area contributed by atoms with Gasteiger partial charge in [0.25, 0.3) is 5.91 Å². The lowest BCUT2D eigenvalue weighted by Crippen LogP contribution is -2.11. The normalized spacial score (nSPS) is 10.2. The van der Waals surface area contributed by atoms with Gasteiger partial charge in [0.15, 0.2) is 0 Å². The maximum Gasteiger partial charge on any atom is 0.303 e. The number of hydrogen-bond acceptors (Lipinski definition) is 5. The molecule has 6 nitrogen and oxygen atoms in total. The summed E-state index contributed by atoms with van der Waals surface area (Å²) in [4.78, 5) is 22.2. The summed E-state index contributed by atoms with van der Waals surface area (Å²) in [7, 11) is 0. The van der Waals surface area contributed by atoms with Crippen molar-refractivity contribution in [2.45, 2.75) is 12.8 Å². The van der Waals surface area contributed by atoms with Crippen LogP contribution in [0.4, 0.5) is 9.52 Å². The number of rotatable bonds is 5. The van der Waals surface area contributed by atoms with Crippen molar-refractivity contribution in [1.82, 2.24) is 10.2 Å². The summed E-state index contributed by atoms with van der Waals surface area (Å²) in [6.45, 7) is 0. The van der Waals surface area contributed by atoms with Gasteiger partial charge in [-0.1, -0.05) is 11.3 Å². The van der Waals surface area contributed by atoms with Gasteiger partial charge in [0.2, 0.25) is 5.13 Å². The number of aromatic nitrogens is 2. The van der Waals surface area contributed by atoms with E-state index in [4.69, 9.17) is 5.11 Å². The van der Waals surface area contributed by atoms with Gasteiger partial charge in [-0.2, -0.15) is 0 Å². The molecule has 2 N–H and O–H groups in total. The zero-order valence-electron chi connectivity index (χ0n) is 10.2. The van der Waals surface area contributed by atoms with Gasteiger partial charge in [-0.3, -0.25) is 14.9 Å². The molecule has 0 spiro atoms. The third kappa shape index (κ3) is 3.82. The van der Waals surface area contributed by atoms with Crippen molar-refractivity contribution in [1.29, 1.82) is 0 Å². The fourth-order valence-electron chi connectivity index (χ4n) is 1.39. The van der Waals surface area contributed by atoms with Crippen molar-refractivity contribution < 1.29 is 19.1 Å². The Morgan fingerprint density at radius 1 is 1.25 bits per heavy atom. The average molecular weight is 295 g/mol. The first-order chi connectivity index (χ1) is 9.54. The van der Waals surface area contributed by atoms with Crippen LogP contribution in [0, 0.1) is 5.82 Å². The highest BCUT2D eigenvalue weighted by Gasteiger charge is 2.11. The number of nitrogens with one attached hydrogen (secondary N) is 1. The number of aliphatic carboxylic acids is 1. The molecule has 0 aliphatic rings. The Bertz CT molecular complexity index is 627. The summed E-state index contributed by atoms with van der Waals surface area (Å²) >= 11 is 1.11. The van der Waals surface area contributed by atoms with Crippen molar-refractivity contribution in [3.8, 4) is 0 Å². The minimum Gasteiger partial charge on any atom is -0.481 e. The van der Waals surface area contributed by atoms with Crippen LogP contribution in [0.1, 0.15) is 21.8 Å². The molecule has 2 rings (SSSR count). The zero-order valence-corrected chi connectivity index (χ0v) is 11.0. The van der Waals surface area contributed by atoms with Crippen molar-refractivity contribution in [3.05, 3.63) is 40.7 Å². The van der Waals surface area contributed by atoms with Gasteiger partial charge in [-0.05, 0) is 24.3 Å². The fraction of sp³-hybridized carbons (Fsp3) is 0.167. The second-order valence-corrected chi connectivity index (χ2v) is 4.92. The van der Waals surface area contributed by atoms with E-state index >= 15 is 0 Å². The van der Waals surface area contributed by atoms with Crippen LogP contribution in [0.3, 0.4) is 0 Å². The molecule has 0 unspecified atom stereocenters. The number of halogens is 1. The van der Waals surface area contributed by atoms with E-state index in [0.29, 0.717) is 10.6 Å². The Labute approximate surface area is 117 Å². The van der Waals surface area contributed by atoms with Gasteiger partial charge in [0.05, 0.1) is 6.42 Å². The number of carboxylic acid groups (broad SMARTS) is 1. The van der Waals surface area contributed by atoms with E-state index in [1.165, 1.54) is 24.3 Å². The number of anilines is 1. The van der Waals surface area contributed by atoms with E-state index in [0.717, 1.165) is 11.3 Å². The SMILES string of the molecule is O=C(O)CCc1nnc(NC(=O)c2ccc(F)cc2)s1. The maximum atomic E-state index is 12.7. The minimum absolute atomic E-state index is 0.0411. The van der Waals surface area contributed by atoms with E-state index in [9.17, 15) is 14.0 Å². The highest BCUT2D eigenvalue weighted by molar-refractivity contribution is 7.15. The van der Waals surface area contributed by atoms with Crippen molar-refractivity contribution in [2.24, 2.45) is 0 Å². The molecule has 0 saturated heterocycles. The number of nitrogens with zero attached hydrogens (tertiary/aromatic N) is 2. The van der Waals surface area contributed by atoms with Gasteiger partial charge in [-0.15, -0.1) is 10.2 Å². The monoisotopic (exact) mass is 295 g/mol. The van der Waals surface area contributed by atoms with E-state index in [1.54, 1.807) is 0 Å². The Hall–Kier alpha value is -2.35. The second-order valence-electron chi connectivity index (χ2n) is 3.86. The van der Waals surface area contributed by atoms with E-state index < -0.39 is 17.7 Å². The lowest BCUT2D eigenvalue weighted by atomic mass is 10.2. The van der Waals surface area contributed by atoms with E-state index in [1.807, 2.05) is 0 Å². The number of carbonyl (C=O) groups is 2. The molecule has 0 fully saturated rings. The molecular formula is C12H10FN3O3S. The van der Waals surface area contributed by atoms with Crippen molar-refractivity contribution in [3.63, 3.8) is 0 Å². The third-order valence-corrected chi connectivity index (χ3v) is 3.24. The number of benzene rings is 1. The largest absolute Gasteiger partial charge is 0.481 e. The predicted octanol–water partition coefficient (Wildman–Crippen LogP) is 1.95. The molecule has 0 radical (unpaired) electrons. The first-order valence-electron chi connectivity index (χ1n) is 5.65. The summed E-state index contributed by atoms with van der Waals surface area (Å²) in [6, 6.07) is 5.09. The summed E-state index contributed by atoms with van der Waals surface area (Å²) in [5.41, 5.74) is 0.300. The van der Waals surface area contributed by atoms with Crippen LogP contribution >= 0.6 is 11.3 Å². The molecule has 1 aromatic carbocycles. The van der Waals surface area contributed by atoms with Crippen LogP contribution in [-0.2, 0) is 11.2 Å². The molecule has 8 heteroatoms. The van der Waals surface area contributed by atoms with Crippen LogP contribution in [0.25, 0.3) is 0 Å². The highest BCUT2D eigenvalue weighted by Crippen LogP contribution is 2.17. The number of hydrogen-bond donors (Lipinski definition) is 2.